The minimum atomic E-state index is 0.0284. The van der Waals surface area contributed by atoms with Crippen LogP contribution in [0.4, 0.5) is 10.1 Å². The van der Waals surface area contributed by atoms with Crippen molar-refractivity contribution in [2.45, 2.75) is 0 Å². The lowest BCUT2D eigenvalue weighted by atomic mass is 10.1. The van der Waals surface area contributed by atoms with Crippen LogP contribution in [0.2, 0.25) is 0 Å². The predicted octanol–water partition coefficient (Wildman–Crippen LogP) is 1.84. The summed E-state index contributed by atoms with van der Waals surface area (Å²) in [5.74, 6) is 0.0284. The number of carbonyl (C=O) groups excluding carboxylic acids is 1. The van der Waals surface area contributed by atoms with E-state index >= 15 is 0 Å². The SMILES string of the molecule is O=C(CNc1ncc(NCCO)s1)c1ccccc1. The van der Waals surface area contributed by atoms with Crippen LogP contribution in [-0.2, 0) is 0 Å². The van der Waals surface area contributed by atoms with E-state index in [-0.39, 0.29) is 18.9 Å². The maximum Gasteiger partial charge on any atom is 0.184 e. The molecule has 0 saturated carbocycles. The van der Waals surface area contributed by atoms with Crippen LogP contribution in [0.1, 0.15) is 10.4 Å². The molecule has 0 radical (unpaired) electrons. The van der Waals surface area contributed by atoms with Gasteiger partial charge in [0.2, 0.25) is 0 Å². The predicted molar refractivity (Wildman–Crippen MR) is 77.0 cm³/mol. The third-order valence-electron chi connectivity index (χ3n) is 2.41. The van der Waals surface area contributed by atoms with Crippen molar-refractivity contribution >= 4 is 27.3 Å². The normalized spacial score (nSPS) is 10.2. The molecule has 0 aliphatic rings. The minimum absolute atomic E-state index is 0.0284. The van der Waals surface area contributed by atoms with Crippen molar-refractivity contribution in [3.8, 4) is 0 Å². The van der Waals surface area contributed by atoms with Gasteiger partial charge in [-0.2, -0.15) is 0 Å². The molecule has 0 saturated heterocycles. The van der Waals surface area contributed by atoms with Crippen molar-refractivity contribution in [2.24, 2.45) is 0 Å². The molecular weight excluding hydrogens is 262 g/mol. The van der Waals surface area contributed by atoms with Crippen LogP contribution >= 0.6 is 11.3 Å². The Labute approximate surface area is 115 Å². The zero-order valence-electron chi connectivity index (χ0n) is 10.3. The number of carbonyl (C=O) groups is 1. The zero-order chi connectivity index (χ0) is 13.5. The number of thiazole rings is 1. The summed E-state index contributed by atoms with van der Waals surface area (Å²) < 4.78 is 0. The summed E-state index contributed by atoms with van der Waals surface area (Å²) in [5, 5.41) is 16.3. The van der Waals surface area contributed by atoms with Gasteiger partial charge in [0.15, 0.2) is 10.9 Å². The van der Waals surface area contributed by atoms with Crippen LogP contribution < -0.4 is 10.6 Å². The largest absolute Gasteiger partial charge is 0.395 e. The third kappa shape index (κ3) is 4.04. The Kier molecular flexibility index (Phi) is 4.88. The van der Waals surface area contributed by atoms with E-state index in [1.807, 2.05) is 18.2 Å². The van der Waals surface area contributed by atoms with Gasteiger partial charge in [-0.15, -0.1) is 0 Å². The Bertz CT molecular complexity index is 528. The smallest absolute Gasteiger partial charge is 0.184 e. The second-order valence-corrected chi connectivity index (χ2v) is 4.85. The van der Waals surface area contributed by atoms with Crippen molar-refractivity contribution in [1.82, 2.24) is 4.98 Å². The molecule has 6 heteroatoms. The topological polar surface area (TPSA) is 74.2 Å². The molecule has 0 aliphatic carbocycles. The Morgan fingerprint density at radius 1 is 1.26 bits per heavy atom. The van der Waals surface area contributed by atoms with Crippen LogP contribution in [-0.4, -0.2) is 35.6 Å². The van der Waals surface area contributed by atoms with Crippen molar-refractivity contribution < 1.29 is 9.90 Å². The molecule has 0 amide bonds. The molecule has 1 aromatic carbocycles. The van der Waals surface area contributed by atoms with E-state index in [4.69, 9.17) is 5.11 Å². The molecule has 0 atom stereocenters. The van der Waals surface area contributed by atoms with E-state index in [0.29, 0.717) is 17.2 Å². The van der Waals surface area contributed by atoms with E-state index in [2.05, 4.69) is 15.6 Å². The fourth-order valence-electron chi connectivity index (χ4n) is 1.50. The van der Waals surface area contributed by atoms with Crippen LogP contribution in [0.5, 0.6) is 0 Å². The molecule has 0 bridgehead atoms. The lowest BCUT2D eigenvalue weighted by Crippen LogP contribution is -2.13. The number of ketones is 1. The number of Topliss-reactive ketones (excluding diaryl/α,β-unsaturated/α-hetero) is 1. The number of aliphatic hydroxyl groups excluding tert-OH is 1. The van der Waals surface area contributed by atoms with Crippen LogP contribution in [0, 0.1) is 0 Å². The summed E-state index contributed by atoms with van der Waals surface area (Å²) >= 11 is 1.41. The number of nitrogens with one attached hydrogen (secondary N) is 2. The molecule has 5 nitrogen and oxygen atoms in total. The van der Waals surface area contributed by atoms with Gasteiger partial charge in [-0.1, -0.05) is 41.7 Å². The highest BCUT2D eigenvalue weighted by molar-refractivity contribution is 7.19. The molecule has 0 spiro atoms. The molecular formula is C13H15N3O2S. The van der Waals surface area contributed by atoms with E-state index in [1.165, 1.54) is 11.3 Å². The van der Waals surface area contributed by atoms with Gasteiger partial charge >= 0.3 is 0 Å². The average molecular weight is 277 g/mol. The summed E-state index contributed by atoms with van der Waals surface area (Å²) in [6, 6.07) is 9.14. The number of benzene rings is 1. The first-order valence-electron chi connectivity index (χ1n) is 5.92. The van der Waals surface area contributed by atoms with Crippen LogP contribution in [0.25, 0.3) is 0 Å². The van der Waals surface area contributed by atoms with Gasteiger partial charge in [-0.25, -0.2) is 4.98 Å². The maximum atomic E-state index is 11.9. The Balaban J connectivity index is 1.85. The Hall–Kier alpha value is -1.92. The van der Waals surface area contributed by atoms with Gasteiger partial charge in [0, 0.05) is 12.1 Å². The number of nitrogens with zero attached hydrogens (tertiary/aromatic N) is 1. The molecule has 3 N–H and O–H groups in total. The standard InChI is InChI=1S/C13H15N3O2S/c17-7-6-14-12-9-16-13(19-12)15-8-11(18)10-4-2-1-3-5-10/h1-5,9,14,17H,6-8H2,(H,15,16). The third-order valence-corrected chi connectivity index (χ3v) is 3.33. The summed E-state index contributed by atoms with van der Waals surface area (Å²) in [5.41, 5.74) is 0.685. The lowest BCUT2D eigenvalue weighted by molar-refractivity contribution is 0.101. The van der Waals surface area contributed by atoms with Gasteiger partial charge < -0.3 is 15.7 Å². The first-order valence-corrected chi connectivity index (χ1v) is 6.74. The summed E-state index contributed by atoms with van der Waals surface area (Å²) in [7, 11) is 0. The highest BCUT2D eigenvalue weighted by Crippen LogP contribution is 2.22. The molecule has 1 heterocycles. The average Bonchev–Trinajstić information content (AvgIpc) is 2.91. The highest BCUT2D eigenvalue weighted by atomic mass is 32.1. The number of hydrogen-bond acceptors (Lipinski definition) is 6. The summed E-state index contributed by atoms with van der Waals surface area (Å²) in [4.78, 5) is 16.0. The van der Waals surface area contributed by atoms with E-state index < -0.39 is 0 Å². The first kappa shape index (κ1) is 13.5. The first-order chi connectivity index (χ1) is 9.29. The minimum Gasteiger partial charge on any atom is -0.395 e. The van der Waals surface area contributed by atoms with Crippen LogP contribution in [0.3, 0.4) is 0 Å². The van der Waals surface area contributed by atoms with E-state index in [9.17, 15) is 4.79 Å². The molecule has 2 aromatic rings. The summed E-state index contributed by atoms with van der Waals surface area (Å²) in [6.45, 7) is 0.786. The maximum absolute atomic E-state index is 11.9. The highest BCUT2D eigenvalue weighted by Gasteiger charge is 2.06. The molecule has 100 valence electrons. The van der Waals surface area contributed by atoms with E-state index in [0.717, 1.165) is 5.00 Å². The Morgan fingerprint density at radius 2 is 2.05 bits per heavy atom. The number of rotatable bonds is 7. The zero-order valence-corrected chi connectivity index (χ0v) is 11.1. The number of aliphatic hydroxyl groups is 1. The number of hydrogen-bond donors (Lipinski definition) is 3. The molecule has 0 aliphatic heterocycles. The van der Waals surface area contributed by atoms with Gasteiger partial charge in [0.25, 0.3) is 0 Å². The molecule has 1 aromatic heterocycles. The monoisotopic (exact) mass is 277 g/mol. The second-order valence-electron chi connectivity index (χ2n) is 3.82. The van der Waals surface area contributed by atoms with E-state index in [1.54, 1.807) is 18.3 Å². The van der Waals surface area contributed by atoms with Crippen molar-refractivity contribution in [3.63, 3.8) is 0 Å². The van der Waals surface area contributed by atoms with Gasteiger partial charge in [-0.05, 0) is 0 Å². The fraction of sp³-hybridized carbons (Fsp3) is 0.231. The van der Waals surface area contributed by atoms with Crippen molar-refractivity contribution in [3.05, 3.63) is 42.1 Å². The second kappa shape index (κ2) is 6.86. The molecule has 0 fully saturated rings. The van der Waals surface area contributed by atoms with Gasteiger partial charge in [-0.3, -0.25) is 4.79 Å². The fourth-order valence-corrected chi connectivity index (χ4v) is 2.24. The Morgan fingerprint density at radius 3 is 2.79 bits per heavy atom. The lowest BCUT2D eigenvalue weighted by Gasteiger charge is -2.02. The van der Waals surface area contributed by atoms with Crippen molar-refractivity contribution in [2.75, 3.05) is 30.3 Å². The number of aromatic nitrogens is 1. The van der Waals surface area contributed by atoms with Crippen LogP contribution in [0.15, 0.2) is 36.5 Å². The molecule has 0 unspecified atom stereocenters. The quantitative estimate of drug-likeness (QED) is 0.673. The van der Waals surface area contributed by atoms with Gasteiger partial charge in [0.1, 0.15) is 5.00 Å². The molecule has 2 rings (SSSR count). The van der Waals surface area contributed by atoms with Gasteiger partial charge in [0.05, 0.1) is 19.3 Å². The van der Waals surface area contributed by atoms with Crippen molar-refractivity contribution in [1.29, 1.82) is 0 Å². The number of anilines is 2. The molecule has 19 heavy (non-hydrogen) atoms. The summed E-state index contributed by atoms with van der Waals surface area (Å²) in [6.07, 6.45) is 1.68.